The van der Waals surface area contributed by atoms with Crippen LogP contribution >= 0.6 is 0 Å². The first-order valence-electron chi connectivity index (χ1n) is 9.61. The van der Waals surface area contributed by atoms with Crippen molar-refractivity contribution in [3.8, 4) is 5.75 Å². The fraction of sp³-hybridized carbons (Fsp3) is 0.250. The summed E-state index contributed by atoms with van der Waals surface area (Å²) < 4.78 is 41.0. The number of aromatic nitrogens is 3. The van der Waals surface area contributed by atoms with Gasteiger partial charge in [0, 0.05) is 37.6 Å². The molecular formula is C20H20F3N7O. The molecule has 0 aliphatic carbocycles. The van der Waals surface area contributed by atoms with Crippen LogP contribution in [-0.4, -0.2) is 47.5 Å². The molecule has 0 bridgehead atoms. The van der Waals surface area contributed by atoms with Crippen LogP contribution in [-0.2, 0) is 0 Å². The number of anilines is 5. The minimum Gasteiger partial charge on any atom is -0.406 e. The van der Waals surface area contributed by atoms with Crippen molar-refractivity contribution in [1.82, 2.24) is 20.3 Å². The third-order valence-corrected chi connectivity index (χ3v) is 4.40. The maximum Gasteiger partial charge on any atom is 0.573 e. The highest BCUT2D eigenvalue weighted by atomic mass is 19.4. The van der Waals surface area contributed by atoms with Crippen LogP contribution in [0.1, 0.15) is 0 Å². The van der Waals surface area contributed by atoms with Crippen molar-refractivity contribution < 1.29 is 17.9 Å². The normalized spacial score (nSPS) is 14.2. The van der Waals surface area contributed by atoms with E-state index >= 15 is 0 Å². The molecule has 0 spiro atoms. The van der Waals surface area contributed by atoms with Gasteiger partial charge in [0.15, 0.2) is 0 Å². The highest BCUT2D eigenvalue weighted by molar-refractivity contribution is 5.60. The number of hydrogen-bond acceptors (Lipinski definition) is 8. The molecule has 1 aliphatic heterocycles. The molecule has 11 heteroatoms. The highest BCUT2D eigenvalue weighted by Crippen LogP contribution is 2.25. The van der Waals surface area contributed by atoms with E-state index in [0.29, 0.717) is 17.6 Å². The van der Waals surface area contributed by atoms with Gasteiger partial charge in [0.1, 0.15) is 5.75 Å². The number of piperazine rings is 1. The quantitative estimate of drug-likeness (QED) is 0.545. The molecule has 4 rings (SSSR count). The van der Waals surface area contributed by atoms with Gasteiger partial charge in [-0.15, -0.1) is 13.2 Å². The van der Waals surface area contributed by atoms with Gasteiger partial charge in [0.05, 0.1) is 0 Å². The summed E-state index contributed by atoms with van der Waals surface area (Å²) in [6.07, 6.45) is -4.74. The topological polar surface area (TPSA) is 87.2 Å². The Morgan fingerprint density at radius 1 is 0.806 bits per heavy atom. The zero-order valence-corrected chi connectivity index (χ0v) is 16.4. The van der Waals surface area contributed by atoms with Gasteiger partial charge in [0.2, 0.25) is 17.8 Å². The molecule has 1 aromatic heterocycles. The highest BCUT2D eigenvalue weighted by Gasteiger charge is 2.31. The first-order chi connectivity index (χ1) is 14.9. The van der Waals surface area contributed by atoms with Crippen LogP contribution in [0.15, 0.2) is 54.6 Å². The lowest BCUT2D eigenvalue weighted by Gasteiger charge is -2.27. The lowest BCUT2D eigenvalue weighted by atomic mass is 10.3. The summed E-state index contributed by atoms with van der Waals surface area (Å²) >= 11 is 0. The third kappa shape index (κ3) is 5.95. The summed E-state index contributed by atoms with van der Waals surface area (Å²) in [5.41, 5.74) is 1.33. The smallest absolute Gasteiger partial charge is 0.406 e. The van der Waals surface area contributed by atoms with E-state index in [9.17, 15) is 13.2 Å². The van der Waals surface area contributed by atoms with Crippen LogP contribution in [0.25, 0.3) is 0 Å². The minimum atomic E-state index is -4.74. The molecule has 3 aromatic rings. The molecule has 0 radical (unpaired) electrons. The molecule has 0 atom stereocenters. The van der Waals surface area contributed by atoms with Crippen molar-refractivity contribution >= 4 is 29.2 Å². The summed E-state index contributed by atoms with van der Waals surface area (Å²) in [4.78, 5) is 15.5. The molecule has 1 aliphatic rings. The zero-order valence-electron chi connectivity index (χ0n) is 16.4. The number of rotatable bonds is 6. The molecule has 0 amide bonds. The predicted molar refractivity (Wildman–Crippen MR) is 111 cm³/mol. The van der Waals surface area contributed by atoms with E-state index in [1.807, 2.05) is 35.2 Å². The molecule has 2 aromatic carbocycles. The lowest BCUT2D eigenvalue weighted by molar-refractivity contribution is -0.274. The van der Waals surface area contributed by atoms with Gasteiger partial charge < -0.3 is 25.6 Å². The fourth-order valence-electron chi connectivity index (χ4n) is 3.00. The van der Waals surface area contributed by atoms with Gasteiger partial charge in [-0.1, -0.05) is 18.2 Å². The van der Waals surface area contributed by atoms with Crippen LogP contribution in [0.5, 0.6) is 5.75 Å². The number of para-hydroxylation sites is 1. The molecule has 0 unspecified atom stereocenters. The Balaban J connectivity index is 1.57. The monoisotopic (exact) mass is 431 g/mol. The first-order valence-corrected chi connectivity index (χ1v) is 9.61. The van der Waals surface area contributed by atoms with Gasteiger partial charge in [-0.2, -0.15) is 15.0 Å². The SMILES string of the molecule is FC(F)(F)Oc1ccc(Nc2nc(Nc3ccccc3)nc(N3CCNCC3)n2)cc1. The van der Waals surface area contributed by atoms with Crippen LogP contribution in [0, 0.1) is 0 Å². The Kier molecular flexibility index (Phi) is 6.03. The maximum absolute atomic E-state index is 12.4. The lowest BCUT2D eigenvalue weighted by Crippen LogP contribution is -2.44. The number of nitrogens with zero attached hydrogens (tertiary/aromatic N) is 4. The van der Waals surface area contributed by atoms with Crippen LogP contribution in [0.3, 0.4) is 0 Å². The van der Waals surface area contributed by atoms with Gasteiger partial charge in [-0.3, -0.25) is 0 Å². The maximum atomic E-state index is 12.4. The van der Waals surface area contributed by atoms with Gasteiger partial charge in [-0.25, -0.2) is 0 Å². The molecule has 31 heavy (non-hydrogen) atoms. The van der Waals surface area contributed by atoms with Crippen molar-refractivity contribution in [3.05, 3.63) is 54.6 Å². The zero-order chi connectivity index (χ0) is 21.7. The standard InChI is InChI=1S/C20H20F3N7O/c21-20(22,23)31-16-8-6-15(7-9-16)26-18-27-17(25-14-4-2-1-3-5-14)28-19(29-18)30-12-10-24-11-13-30/h1-9,24H,10-13H2,(H2,25,26,27,28,29). The average molecular weight is 431 g/mol. The van der Waals surface area contributed by atoms with Crippen molar-refractivity contribution in [2.24, 2.45) is 0 Å². The van der Waals surface area contributed by atoms with Crippen molar-refractivity contribution in [2.45, 2.75) is 6.36 Å². The fourth-order valence-corrected chi connectivity index (χ4v) is 3.00. The molecular weight excluding hydrogens is 411 g/mol. The molecule has 0 saturated carbocycles. The predicted octanol–water partition coefficient (Wildman–Crippen LogP) is 3.67. The Labute approximate surface area is 176 Å². The Morgan fingerprint density at radius 3 is 1.97 bits per heavy atom. The van der Waals surface area contributed by atoms with Crippen LogP contribution in [0.4, 0.5) is 42.4 Å². The van der Waals surface area contributed by atoms with Crippen molar-refractivity contribution in [2.75, 3.05) is 41.7 Å². The molecule has 8 nitrogen and oxygen atoms in total. The van der Waals surface area contributed by atoms with Crippen molar-refractivity contribution in [1.29, 1.82) is 0 Å². The van der Waals surface area contributed by atoms with Gasteiger partial charge in [-0.05, 0) is 36.4 Å². The van der Waals surface area contributed by atoms with Crippen LogP contribution < -0.4 is 25.6 Å². The van der Waals surface area contributed by atoms with E-state index in [4.69, 9.17) is 0 Å². The van der Waals surface area contributed by atoms with E-state index < -0.39 is 6.36 Å². The largest absolute Gasteiger partial charge is 0.573 e. The summed E-state index contributed by atoms with van der Waals surface area (Å²) in [5.74, 6) is 0.830. The average Bonchev–Trinajstić information content (AvgIpc) is 2.75. The van der Waals surface area contributed by atoms with Gasteiger partial charge in [0.25, 0.3) is 0 Å². The van der Waals surface area contributed by atoms with Crippen molar-refractivity contribution in [3.63, 3.8) is 0 Å². The van der Waals surface area contributed by atoms with E-state index in [2.05, 4.69) is 35.6 Å². The van der Waals surface area contributed by atoms with Crippen LogP contribution in [0.2, 0.25) is 0 Å². The Bertz CT molecular complexity index is 994. The Hall–Kier alpha value is -3.60. The second-order valence-electron chi connectivity index (χ2n) is 6.71. The van der Waals surface area contributed by atoms with E-state index in [0.717, 1.165) is 31.9 Å². The minimum absolute atomic E-state index is 0.270. The van der Waals surface area contributed by atoms with E-state index in [1.165, 1.54) is 24.3 Å². The summed E-state index contributed by atoms with van der Waals surface area (Å²) in [5, 5.41) is 9.45. The molecule has 162 valence electrons. The summed E-state index contributed by atoms with van der Waals surface area (Å²) in [7, 11) is 0. The molecule has 1 fully saturated rings. The number of ether oxygens (including phenoxy) is 1. The molecule has 2 heterocycles. The number of hydrogen-bond donors (Lipinski definition) is 3. The Morgan fingerprint density at radius 2 is 1.39 bits per heavy atom. The number of halogens is 3. The first kappa shape index (κ1) is 20.7. The number of alkyl halides is 3. The summed E-state index contributed by atoms with van der Waals surface area (Å²) in [6, 6.07) is 14.8. The number of benzene rings is 2. The van der Waals surface area contributed by atoms with Gasteiger partial charge >= 0.3 is 6.36 Å². The summed E-state index contributed by atoms with van der Waals surface area (Å²) in [6.45, 7) is 3.13. The van der Waals surface area contributed by atoms with E-state index in [1.54, 1.807) is 0 Å². The second-order valence-corrected chi connectivity index (χ2v) is 6.71. The van der Waals surface area contributed by atoms with E-state index in [-0.39, 0.29) is 11.7 Å². The number of nitrogens with one attached hydrogen (secondary N) is 3. The molecule has 1 saturated heterocycles. The third-order valence-electron chi connectivity index (χ3n) is 4.40. The second kappa shape index (κ2) is 9.04. The molecule has 3 N–H and O–H groups in total.